The van der Waals surface area contributed by atoms with E-state index in [4.69, 9.17) is 0 Å². The summed E-state index contributed by atoms with van der Waals surface area (Å²) in [5.41, 5.74) is 5.80. The summed E-state index contributed by atoms with van der Waals surface area (Å²) in [7, 11) is 0. The molecule has 0 heterocycles. The molecule has 21 heavy (non-hydrogen) atoms. The van der Waals surface area contributed by atoms with Gasteiger partial charge in [-0.3, -0.25) is 4.79 Å². The topological polar surface area (TPSA) is 29.1 Å². The second-order valence-electron chi connectivity index (χ2n) is 5.47. The average molecular weight is 281 g/mol. The maximum atomic E-state index is 12.1. The van der Waals surface area contributed by atoms with Crippen LogP contribution in [0, 0.1) is 13.8 Å². The molecule has 1 amide bonds. The molecule has 0 saturated heterocycles. The van der Waals surface area contributed by atoms with Gasteiger partial charge >= 0.3 is 0 Å². The van der Waals surface area contributed by atoms with Crippen LogP contribution < -0.4 is 5.32 Å². The van der Waals surface area contributed by atoms with Gasteiger partial charge in [0.1, 0.15) is 0 Å². The molecule has 1 N–H and O–H groups in total. The lowest BCUT2D eigenvalue weighted by Gasteiger charge is -2.10. The van der Waals surface area contributed by atoms with Crippen LogP contribution in [0.4, 0.5) is 5.69 Å². The fourth-order valence-corrected chi connectivity index (χ4v) is 2.30. The number of hydrogen-bond donors (Lipinski definition) is 1. The summed E-state index contributed by atoms with van der Waals surface area (Å²) in [5.74, 6) is 0.0725. The highest BCUT2D eigenvalue weighted by molar-refractivity contribution is 5.91. The maximum absolute atomic E-state index is 12.1. The van der Waals surface area contributed by atoms with E-state index >= 15 is 0 Å². The van der Waals surface area contributed by atoms with Crippen LogP contribution in [0.2, 0.25) is 0 Å². The zero-order chi connectivity index (χ0) is 15.2. The molecule has 0 aromatic heterocycles. The van der Waals surface area contributed by atoms with E-state index in [1.807, 2.05) is 19.1 Å². The van der Waals surface area contributed by atoms with Gasteiger partial charge in [-0.25, -0.2) is 0 Å². The molecular formula is C19H23NO. The smallest absolute Gasteiger partial charge is 0.224 e. The third-order valence-corrected chi connectivity index (χ3v) is 3.95. The first-order valence-electron chi connectivity index (χ1n) is 7.54. The lowest BCUT2D eigenvalue weighted by atomic mass is 10.1. The molecule has 0 spiro atoms. The molecule has 2 heteroatoms. The van der Waals surface area contributed by atoms with Crippen molar-refractivity contribution in [2.75, 3.05) is 5.32 Å². The van der Waals surface area contributed by atoms with Crippen molar-refractivity contribution in [3.63, 3.8) is 0 Å². The number of anilines is 1. The van der Waals surface area contributed by atoms with Crippen molar-refractivity contribution in [1.29, 1.82) is 0 Å². The number of amides is 1. The standard InChI is InChI=1S/C19H23NO/c1-4-16-8-10-17(11-9-16)12-13-19(21)20-18-7-5-6-14(2)15(18)3/h5-11H,4,12-13H2,1-3H3,(H,20,21). The molecule has 2 aromatic carbocycles. The normalized spacial score (nSPS) is 10.4. The Morgan fingerprint density at radius 1 is 1.00 bits per heavy atom. The molecule has 2 rings (SSSR count). The van der Waals surface area contributed by atoms with Crippen LogP contribution in [-0.2, 0) is 17.6 Å². The molecule has 110 valence electrons. The fourth-order valence-electron chi connectivity index (χ4n) is 2.30. The van der Waals surface area contributed by atoms with Crippen molar-refractivity contribution in [2.24, 2.45) is 0 Å². The SMILES string of the molecule is CCc1ccc(CCC(=O)Nc2cccc(C)c2C)cc1. The molecule has 0 aliphatic heterocycles. The summed E-state index contributed by atoms with van der Waals surface area (Å²) in [6.07, 6.45) is 2.34. The first-order valence-corrected chi connectivity index (χ1v) is 7.54. The quantitative estimate of drug-likeness (QED) is 0.862. The second kappa shape index (κ2) is 7.07. The van der Waals surface area contributed by atoms with Crippen molar-refractivity contribution in [1.82, 2.24) is 0 Å². The van der Waals surface area contributed by atoms with Gasteiger partial charge in [0.2, 0.25) is 5.91 Å². The van der Waals surface area contributed by atoms with Crippen molar-refractivity contribution in [2.45, 2.75) is 40.0 Å². The van der Waals surface area contributed by atoms with E-state index in [9.17, 15) is 4.79 Å². The van der Waals surface area contributed by atoms with Crippen LogP contribution in [0.15, 0.2) is 42.5 Å². The Kier molecular flexibility index (Phi) is 5.15. The molecule has 2 nitrogen and oxygen atoms in total. The number of benzene rings is 2. The molecule has 0 unspecified atom stereocenters. The van der Waals surface area contributed by atoms with Gasteiger partial charge in [0.25, 0.3) is 0 Å². The summed E-state index contributed by atoms with van der Waals surface area (Å²) < 4.78 is 0. The number of hydrogen-bond acceptors (Lipinski definition) is 1. The molecule has 0 aliphatic carbocycles. The van der Waals surface area contributed by atoms with Crippen LogP contribution in [0.25, 0.3) is 0 Å². The predicted molar refractivity (Wildman–Crippen MR) is 88.7 cm³/mol. The highest BCUT2D eigenvalue weighted by Gasteiger charge is 2.06. The number of aryl methyl sites for hydroxylation is 3. The van der Waals surface area contributed by atoms with Crippen molar-refractivity contribution >= 4 is 11.6 Å². The minimum Gasteiger partial charge on any atom is -0.326 e. The Labute approximate surface area is 127 Å². The largest absolute Gasteiger partial charge is 0.326 e. The van der Waals surface area contributed by atoms with E-state index in [0.717, 1.165) is 24.1 Å². The Balaban J connectivity index is 1.91. The van der Waals surface area contributed by atoms with Crippen LogP contribution in [0.5, 0.6) is 0 Å². The molecular weight excluding hydrogens is 258 g/mol. The van der Waals surface area contributed by atoms with Crippen LogP contribution in [-0.4, -0.2) is 5.91 Å². The highest BCUT2D eigenvalue weighted by Crippen LogP contribution is 2.18. The van der Waals surface area contributed by atoms with Crippen LogP contribution in [0.3, 0.4) is 0 Å². The summed E-state index contributed by atoms with van der Waals surface area (Å²) in [6.45, 7) is 6.24. The first-order chi connectivity index (χ1) is 10.1. The van der Waals surface area contributed by atoms with E-state index < -0.39 is 0 Å². The van der Waals surface area contributed by atoms with E-state index in [1.54, 1.807) is 0 Å². The molecule has 0 bridgehead atoms. The Bertz CT molecular complexity index is 614. The van der Waals surface area contributed by atoms with Gasteiger partial charge < -0.3 is 5.32 Å². The van der Waals surface area contributed by atoms with Crippen molar-refractivity contribution in [3.8, 4) is 0 Å². The van der Waals surface area contributed by atoms with E-state index in [2.05, 4.69) is 49.5 Å². The maximum Gasteiger partial charge on any atom is 0.224 e. The third kappa shape index (κ3) is 4.19. The van der Waals surface area contributed by atoms with E-state index in [0.29, 0.717) is 6.42 Å². The summed E-state index contributed by atoms with van der Waals surface area (Å²) >= 11 is 0. The lowest BCUT2D eigenvalue weighted by Crippen LogP contribution is -2.13. The van der Waals surface area contributed by atoms with E-state index in [-0.39, 0.29) is 5.91 Å². The summed E-state index contributed by atoms with van der Waals surface area (Å²) in [4.78, 5) is 12.1. The first kappa shape index (κ1) is 15.3. The molecule has 0 saturated carbocycles. The molecule has 0 fully saturated rings. The highest BCUT2D eigenvalue weighted by atomic mass is 16.1. The number of carbonyl (C=O) groups excluding carboxylic acids is 1. The molecule has 0 radical (unpaired) electrons. The van der Waals surface area contributed by atoms with E-state index in [1.165, 1.54) is 16.7 Å². The van der Waals surface area contributed by atoms with Crippen molar-refractivity contribution < 1.29 is 4.79 Å². The average Bonchev–Trinajstić information content (AvgIpc) is 2.50. The van der Waals surface area contributed by atoms with Gasteiger partial charge in [0, 0.05) is 12.1 Å². The third-order valence-electron chi connectivity index (χ3n) is 3.95. The Hall–Kier alpha value is -2.09. The van der Waals surface area contributed by atoms with Gasteiger partial charge in [0.15, 0.2) is 0 Å². The molecule has 0 aliphatic rings. The minimum atomic E-state index is 0.0725. The minimum absolute atomic E-state index is 0.0725. The zero-order valence-electron chi connectivity index (χ0n) is 13.1. The van der Waals surface area contributed by atoms with Crippen LogP contribution in [0.1, 0.15) is 35.6 Å². The Morgan fingerprint density at radius 2 is 1.67 bits per heavy atom. The summed E-state index contributed by atoms with van der Waals surface area (Å²) in [6, 6.07) is 14.5. The van der Waals surface area contributed by atoms with Gasteiger partial charge in [-0.1, -0.05) is 43.3 Å². The van der Waals surface area contributed by atoms with Gasteiger partial charge in [-0.05, 0) is 55.0 Å². The monoisotopic (exact) mass is 281 g/mol. The number of rotatable bonds is 5. The van der Waals surface area contributed by atoms with Gasteiger partial charge in [-0.15, -0.1) is 0 Å². The molecule has 2 aromatic rings. The molecule has 0 atom stereocenters. The van der Waals surface area contributed by atoms with Crippen LogP contribution >= 0.6 is 0 Å². The zero-order valence-corrected chi connectivity index (χ0v) is 13.1. The second-order valence-corrected chi connectivity index (χ2v) is 5.47. The Morgan fingerprint density at radius 3 is 2.33 bits per heavy atom. The van der Waals surface area contributed by atoms with Crippen molar-refractivity contribution in [3.05, 3.63) is 64.7 Å². The number of nitrogens with one attached hydrogen (secondary N) is 1. The predicted octanol–water partition coefficient (Wildman–Crippen LogP) is 4.44. The van der Waals surface area contributed by atoms with Gasteiger partial charge in [0.05, 0.1) is 0 Å². The lowest BCUT2D eigenvalue weighted by molar-refractivity contribution is -0.116. The van der Waals surface area contributed by atoms with Gasteiger partial charge in [-0.2, -0.15) is 0 Å². The summed E-state index contributed by atoms with van der Waals surface area (Å²) in [5, 5.41) is 3.00. The fraction of sp³-hybridized carbons (Fsp3) is 0.316. The number of carbonyl (C=O) groups is 1.